The van der Waals surface area contributed by atoms with E-state index in [2.05, 4.69) is 47.5 Å². The molecule has 0 bridgehead atoms. The predicted molar refractivity (Wildman–Crippen MR) is 136 cm³/mol. The Hall–Kier alpha value is -3.61. The molecule has 1 saturated heterocycles. The summed E-state index contributed by atoms with van der Waals surface area (Å²) in [5.41, 5.74) is 5.13. The number of rotatable bonds is 5. The van der Waals surface area contributed by atoms with E-state index < -0.39 is 5.97 Å². The maximum Gasteiger partial charge on any atom is 0.337 e. The third kappa shape index (κ3) is 3.95. The fraction of sp³-hybridized carbons (Fsp3) is 0.370. The molecule has 176 valence electrons. The number of anilines is 2. The summed E-state index contributed by atoms with van der Waals surface area (Å²) in [6.45, 7) is 10.7. The SMILES string of the molecule is Cc1cc(C(C)Nc2ccccc2C(=O)O)c2nc(N3CCC(C)(C)CC3)n3ccnc3c2c1. The van der Waals surface area contributed by atoms with Gasteiger partial charge in [-0.1, -0.05) is 32.0 Å². The number of nitrogens with zero attached hydrogens (tertiary/aromatic N) is 4. The van der Waals surface area contributed by atoms with Crippen molar-refractivity contribution in [1.82, 2.24) is 14.4 Å². The number of imidazole rings is 1. The molecule has 3 heterocycles. The second-order valence-electron chi connectivity index (χ2n) is 10.2. The van der Waals surface area contributed by atoms with Crippen molar-refractivity contribution in [2.24, 2.45) is 5.41 Å². The van der Waals surface area contributed by atoms with Crippen LogP contribution in [0.1, 0.15) is 61.1 Å². The first-order valence-corrected chi connectivity index (χ1v) is 11.8. The molecular weight excluding hydrogens is 426 g/mol. The summed E-state index contributed by atoms with van der Waals surface area (Å²) >= 11 is 0. The topological polar surface area (TPSA) is 82.8 Å². The molecule has 0 spiro atoms. The van der Waals surface area contributed by atoms with Crippen LogP contribution >= 0.6 is 0 Å². The zero-order valence-corrected chi connectivity index (χ0v) is 20.2. The lowest BCUT2D eigenvalue weighted by molar-refractivity contribution is 0.0698. The molecule has 5 rings (SSSR count). The van der Waals surface area contributed by atoms with Crippen LogP contribution in [-0.4, -0.2) is 38.5 Å². The number of benzene rings is 2. The van der Waals surface area contributed by atoms with Crippen molar-refractivity contribution < 1.29 is 9.90 Å². The summed E-state index contributed by atoms with van der Waals surface area (Å²) in [4.78, 5) is 24.0. The Kier molecular flexibility index (Phi) is 5.42. The van der Waals surface area contributed by atoms with Gasteiger partial charge in [0.15, 0.2) is 0 Å². The van der Waals surface area contributed by atoms with E-state index in [0.29, 0.717) is 11.1 Å². The molecule has 1 fully saturated rings. The summed E-state index contributed by atoms with van der Waals surface area (Å²) in [6.07, 6.45) is 6.06. The molecule has 34 heavy (non-hydrogen) atoms. The number of aromatic carboxylic acids is 1. The number of para-hydroxylation sites is 1. The van der Waals surface area contributed by atoms with Crippen molar-refractivity contribution >= 4 is 34.2 Å². The molecule has 2 aromatic carbocycles. The molecule has 0 amide bonds. The van der Waals surface area contributed by atoms with E-state index in [0.717, 1.165) is 59.6 Å². The van der Waals surface area contributed by atoms with Gasteiger partial charge in [0.25, 0.3) is 0 Å². The summed E-state index contributed by atoms with van der Waals surface area (Å²) in [6, 6.07) is 11.1. The van der Waals surface area contributed by atoms with Gasteiger partial charge in [-0.15, -0.1) is 0 Å². The monoisotopic (exact) mass is 457 g/mol. The fourth-order valence-electron chi connectivity index (χ4n) is 4.89. The highest BCUT2D eigenvalue weighted by Gasteiger charge is 2.28. The van der Waals surface area contributed by atoms with Gasteiger partial charge in [-0.2, -0.15) is 0 Å². The van der Waals surface area contributed by atoms with E-state index >= 15 is 0 Å². The van der Waals surface area contributed by atoms with E-state index in [1.54, 1.807) is 18.2 Å². The summed E-state index contributed by atoms with van der Waals surface area (Å²) in [7, 11) is 0. The lowest BCUT2D eigenvalue weighted by Crippen LogP contribution is -2.38. The van der Waals surface area contributed by atoms with Crippen LogP contribution in [-0.2, 0) is 0 Å². The Bertz CT molecular complexity index is 1380. The lowest BCUT2D eigenvalue weighted by Gasteiger charge is -2.37. The molecule has 0 aliphatic carbocycles. The Morgan fingerprint density at radius 3 is 2.65 bits per heavy atom. The molecule has 1 unspecified atom stereocenters. The van der Waals surface area contributed by atoms with Gasteiger partial charge in [0.2, 0.25) is 5.95 Å². The van der Waals surface area contributed by atoms with Crippen molar-refractivity contribution in [3.8, 4) is 0 Å². The Morgan fingerprint density at radius 2 is 1.91 bits per heavy atom. The van der Waals surface area contributed by atoms with E-state index in [1.807, 2.05) is 25.4 Å². The maximum absolute atomic E-state index is 11.7. The van der Waals surface area contributed by atoms with Gasteiger partial charge in [0.1, 0.15) is 5.65 Å². The van der Waals surface area contributed by atoms with Gasteiger partial charge < -0.3 is 15.3 Å². The minimum absolute atomic E-state index is 0.152. The van der Waals surface area contributed by atoms with Crippen LogP contribution < -0.4 is 10.2 Å². The van der Waals surface area contributed by atoms with Gasteiger partial charge in [-0.05, 0) is 55.9 Å². The van der Waals surface area contributed by atoms with E-state index in [4.69, 9.17) is 9.97 Å². The molecule has 1 aliphatic rings. The van der Waals surface area contributed by atoms with Crippen LogP contribution in [0, 0.1) is 12.3 Å². The van der Waals surface area contributed by atoms with Crippen LogP contribution in [0.25, 0.3) is 16.6 Å². The van der Waals surface area contributed by atoms with Crippen molar-refractivity contribution in [1.29, 1.82) is 0 Å². The number of hydrogen-bond donors (Lipinski definition) is 2. The molecule has 1 atom stereocenters. The number of carboxylic acid groups (broad SMARTS) is 1. The first kappa shape index (κ1) is 22.2. The number of hydrogen-bond acceptors (Lipinski definition) is 5. The average Bonchev–Trinajstić information content (AvgIpc) is 3.29. The molecule has 4 aromatic rings. The third-order valence-electron chi connectivity index (χ3n) is 6.99. The van der Waals surface area contributed by atoms with Crippen molar-refractivity contribution in [2.75, 3.05) is 23.3 Å². The molecular formula is C27H31N5O2. The minimum Gasteiger partial charge on any atom is -0.478 e. The summed E-state index contributed by atoms with van der Waals surface area (Å²) in [5, 5.41) is 14.0. The summed E-state index contributed by atoms with van der Waals surface area (Å²) in [5.74, 6) is -0.0318. The van der Waals surface area contributed by atoms with E-state index in [9.17, 15) is 9.90 Å². The van der Waals surface area contributed by atoms with Crippen LogP contribution in [0.2, 0.25) is 0 Å². The quantitative estimate of drug-likeness (QED) is 0.401. The molecule has 7 nitrogen and oxygen atoms in total. The number of carbonyl (C=O) groups is 1. The zero-order chi connectivity index (χ0) is 24.0. The van der Waals surface area contributed by atoms with Crippen molar-refractivity contribution in [2.45, 2.75) is 46.6 Å². The third-order valence-corrected chi connectivity index (χ3v) is 6.99. The maximum atomic E-state index is 11.7. The Balaban J connectivity index is 1.62. The van der Waals surface area contributed by atoms with Gasteiger partial charge in [0.05, 0.1) is 17.1 Å². The molecule has 0 saturated carbocycles. The predicted octanol–water partition coefficient (Wildman–Crippen LogP) is 5.69. The number of nitrogens with one attached hydrogen (secondary N) is 1. The lowest BCUT2D eigenvalue weighted by atomic mass is 9.83. The second-order valence-corrected chi connectivity index (χ2v) is 10.2. The second kappa shape index (κ2) is 8.31. The molecule has 2 N–H and O–H groups in total. The van der Waals surface area contributed by atoms with E-state index in [-0.39, 0.29) is 11.6 Å². The van der Waals surface area contributed by atoms with Gasteiger partial charge >= 0.3 is 5.97 Å². The molecule has 7 heteroatoms. The highest BCUT2D eigenvalue weighted by Crippen LogP contribution is 2.35. The first-order valence-electron chi connectivity index (χ1n) is 11.8. The molecule has 0 radical (unpaired) electrons. The number of piperidine rings is 1. The minimum atomic E-state index is -0.947. The zero-order valence-electron chi connectivity index (χ0n) is 20.2. The number of carboxylic acids is 1. The number of aryl methyl sites for hydroxylation is 1. The molecule has 1 aliphatic heterocycles. The fourth-order valence-corrected chi connectivity index (χ4v) is 4.89. The summed E-state index contributed by atoms with van der Waals surface area (Å²) < 4.78 is 2.10. The Labute approximate surface area is 199 Å². The highest BCUT2D eigenvalue weighted by atomic mass is 16.4. The number of aromatic nitrogens is 3. The first-order chi connectivity index (χ1) is 16.2. The largest absolute Gasteiger partial charge is 0.478 e. The highest BCUT2D eigenvalue weighted by molar-refractivity contribution is 5.96. The van der Waals surface area contributed by atoms with Crippen molar-refractivity contribution in [3.05, 3.63) is 65.5 Å². The van der Waals surface area contributed by atoms with Crippen molar-refractivity contribution in [3.63, 3.8) is 0 Å². The average molecular weight is 458 g/mol. The number of fused-ring (bicyclic) bond motifs is 3. The van der Waals surface area contributed by atoms with Crippen LogP contribution in [0.3, 0.4) is 0 Å². The smallest absolute Gasteiger partial charge is 0.337 e. The van der Waals surface area contributed by atoms with E-state index in [1.165, 1.54) is 0 Å². The van der Waals surface area contributed by atoms with Crippen LogP contribution in [0.15, 0.2) is 48.8 Å². The normalized spacial score (nSPS) is 16.6. The van der Waals surface area contributed by atoms with Crippen LogP contribution in [0.4, 0.5) is 11.6 Å². The standard InChI is InChI=1S/C27H31N5O2/c1-17-15-20(18(2)29-22-8-6-5-7-19(22)25(33)34)23-21(16-17)24-28-11-14-32(24)26(30-23)31-12-9-27(3,4)10-13-31/h5-8,11,14-16,18,29H,9-10,12-13H2,1-4H3,(H,33,34). The van der Waals surface area contributed by atoms with Gasteiger partial charge in [-0.3, -0.25) is 4.40 Å². The Morgan fingerprint density at radius 1 is 1.18 bits per heavy atom. The van der Waals surface area contributed by atoms with Gasteiger partial charge in [-0.25, -0.2) is 14.8 Å². The van der Waals surface area contributed by atoms with Gasteiger partial charge in [0, 0.05) is 42.1 Å². The molecule has 2 aromatic heterocycles. The van der Waals surface area contributed by atoms with Crippen LogP contribution in [0.5, 0.6) is 0 Å².